The van der Waals surface area contributed by atoms with Crippen LogP contribution in [0.1, 0.15) is 74.5 Å². The van der Waals surface area contributed by atoms with Crippen molar-refractivity contribution in [1.82, 2.24) is 15.6 Å². The van der Waals surface area contributed by atoms with Crippen LogP contribution in [0.5, 0.6) is 17.2 Å². The molecule has 4 aromatic rings. The van der Waals surface area contributed by atoms with Crippen LogP contribution in [-0.4, -0.2) is 44.2 Å². The molecule has 2 aliphatic rings. The van der Waals surface area contributed by atoms with Crippen molar-refractivity contribution in [2.45, 2.75) is 71.0 Å². The Bertz CT molecular complexity index is 1990. The zero-order valence-corrected chi connectivity index (χ0v) is 29.5. The highest BCUT2D eigenvalue weighted by molar-refractivity contribution is 6.31. The number of aromatic nitrogens is 1. The number of rotatable bonds is 9. The molecule has 3 atom stereocenters. The van der Waals surface area contributed by atoms with Gasteiger partial charge in [-0.1, -0.05) is 31.5 Å². The number of hydrogen-bond acceptors (Lipinski definition) is 7. The maximum Gasteiger partial charge on any atom is 0.243 e. The lowest BCUT2D eigenvalue weighted by atomic mass is 9.91. The molecule has 10 nitrogen and oxygen atoms in total. The standard InChI is InChI=1S/C38H43ClN4O6/c1-19(2)34(38(46)43-30-9-7-8-24-25-17-22(39)11-14-28(25)41-35(24)30)42-29-15-12-23-26(18-31(29)45)27(40-20(3)44)13-10-21-16-32(47-4)36(48-5)37(49-6)33(21)23/h11-12,14-19,27,30,34,41H,7-10,13H2,1-6H3,(H,40,44)(H,42,45)(H,43,46)/t27-,30?,34-/m0/s1. The Kier molecular flexibility index (Phi) is 9.79. The van der Waals surface area contributed by atoms with E-state index in [4.69, 9.17) is 25.8 Å². The fourth-order valence-corrected chi connectivity index (χ4v) is 7.54. The number of benzene rings is 2. The van der Waals surface area contributed by atoms with E-state index in [-0.39, 0.29) is 34.9 Å². The number of amides is 2. The van der Waals surface area contributed by atoms with Crippen molar-refractivity contribution in [3.8, 4) is 28.4 Å². The highest BCUT2D eigenvalue weighted by atomic mass is 35.5. The van der Waals surface area contributed by atoms with Gasteiger partial charge in [-0.2, -0.15) is 0 Å². The number of aryl methyl sites for hydroxylation is 2. The molecule has 6 rings (SSSR count). The number of fused-ring (bicyclic) bond motifs is 6. The molecule has 0 saturated carbocycles. The number of H-pyrrole nitrogens is 1. The number of aromatic amines is 1. The number of hydrogen-bond donors (Lipinski definition) is 4. The minimum atomic E-state index is -0.698. The molecule has 4 N–H and O–H groups in total. The van der Waals surface area contributed by atoms with Gasteiger partial charge in [-0.3, -0.25) is 14.4 Å². The van der Waals surface area contributed by atoms with Crippen LogP contribution >= 0.6 is 11.6 Å². The Hall–Kier alpha value is -4.70. The summed E-state index contributed by atoms with van der Waals surface area (Å²) in [6.07, 6.45) is 3.77. The van der Waals surface area contributed by atoms with Crippen molar-refractivity contribution in [3.05, 3.63) is 80.1 Å². The highest BCUT2D eigenvalue weighted by Gasteiger charge is 2.32. The van der Waals surface area contributed by atoms with Crippen LogP contribution in [0.3, 0.4) is 0 Å². The van der Waals surface area contributed by atoms with Crippen LogP contribution in [0.25, 0.3) is 22.0 Å². The Balaban J connectivity index is 1.38. The summed E-state index contributed by atoms with van der Waals surface area (Å²) >= 11 is 6.31. The largest absolute Gasteiger partial charge is 0.493 e. The van der Waals surface area contributed by atoms with Crippen molar-refractivity contribution in [2.75, 3.05) is 26.6 Å². The third-order valence-electron chi connectivity index (χ3n) is 9.66. The molecule has 0 saturated heterocycles. The molecule has 0 spiro atoms. The monoisotopic (exact) mass is 686 g/mol. The van der Waals surface area contributed by atoms with Gasteiger partial charge in [0.25, 0.3) is 0 Å². The smallest absolute Gasteiger partial charge is 0.243 e. The zero-order chi connectivity index (χ0) is 35.0. The molecule has 3 aromatic carbocycles. The van der Waals surface area contributed by atoms with Gasteiger partial charge in [0.1, 0.15) is 6.04 Å². The normalized spacial score (nSPS) is 17.2. The van der Waals surface area contributed by atoms with Gasteiger partial charge in [0.05, 0.1) is 39.1 Å². The average molecular weight is 687 g/mol. The van der Waals surface area contributed by atoms with Gasteiger partial charge in [0.2, 0.25) is 23.0 Å². The molecular formula is C38H43ClN4O6. The van der Waals surface area contributed by atoms with Crippen molar-refractivity contribution < 1.29 is 23.8 Å². The van der Waals surface area contributed by atoms with Gasteiger partial charge in [-0.25, -0.2) is 0 Å². The minimum Gasteiger partial charge on any atom is -0.493 e. The van der Waals surface area contributed by atoms with Crippen molar-refractivity contribution >= 4 is 40.0 Å². The van der Waals surface area contributed by atoms with E-state index in [0.717, 1.165) is 47.0 Å². The fraction of sp³-hybridized carbons (Fsp3) is 0.395. The predicted octanol–water partition coefficient (Wildman–Crippen LogP) is 6.63. The number of nitrogens with one attached hydrogen (secondary N) is 4. The van der Waals surface area contributed by atoms with Gasteiger partial charge in [-0.05, 0) is 96.7 Å². The summed E-state index contributed by atoms with van der Waals surface area (Å²) in [5.41, 5.74) is 6.21. The molecule has 258 valence electrons. The number of carbonyl (C=O) groups excluding carboxylic acids is 2. The molecule has 49 heavy (non-hydrogen) atoms. The van der Waals surface area contributed by atoms with Gasteiger partial charge in [0.15, 0.2) is 11.5 Å². The molecule has 2 amide bonds. The lowest BCUT2D eigenvalue weighted by molar-refractivity contribution is -0.123. The SMILES string of the molecule is COc1cc2c(c(OC)c1OC)-c1ccc(N[C@H](C(=O)NC3CCCc4c3[nH]c3ccc(Cl)cc43)C(C)C)c(=O)cc1[C@@H](NC(C)=O)CC2. The van der Waals surface area contributed by atoms with Gasteiger partial charge in [-0.15, -0.1) is 0 Å². The number of carbonyl (C=O) groups is 2. The van der Waals surface area contributed by atoms with E-state index >= 15 is 0 Å². The van der Waals surface area contributed by atoms with E-state index in [2.05, 4.69) is 20.9 Å². The van der Waals surface area contributed by atoms with E-state index in [1.54, 1.807) is 33.5 Å². The van der Waals surface area contributed by atoms with Crippen LogP contribution in [0.15, 0.2) is 47.3 Å². The highest BCUT2D eigenvalue weighted by Crippen LogP contribution is 2.50. The van der Waals surface area contributed by atoms with Crippen LogP contribution in [0, 0.1) is 5.92 Å². The van der Waals surface area contributed by atoms with Crippen LogP contribution in [0.4, 0.5) is 5.69 Å². The van der Waals surface area contributed by atoms with Crippen molar-refractivity contribution in [1.29, 1.82) is 0 Å². The molecule has 0 fully saturated rings. The third kappa shape index (κ3) is 6.54. The molecule has 1 aromatic heterocycles. The molecule has 1 heterocycles. The molecule has 2 aliphatic carbocycles. The van der Waals surface area contributed by atoms with E-state index in [1.165, 1.54) is 12.5 Å². The topological polar surface area (TPSA) is 131 Å². The van der Waals surface area contributed by atoms with E-state index in [9.17, 15) is 14.4 Å². The Labute approximate surface area is 290 Å². The number of ether oxygens (including phenoxy) is 3. The first-order valence-corrected chi connectivity index (χ1v) is 17.1. The molecule has 0 aliphatic heterocycles. The number of methoxy groups -OCH3 is 3. The minimum absolute atomic E-state index is 0.142. The first-order valence-electron chi connectivity index (χ1n) is 16.7. The second-order valence-corrected chi connectivity index (χ2v) is 13.6. The second kappa shape index (κ2) is 14.0. The fourth-order valence-electron chi connectivity index (χ4n) is 7.37. The quantitative estimate of drug-likeness (QED) is 0.156. The molecule has 0 bridgehead atoms. The first kappa shape index (κ1) is 34.2. The summed E-state index contributed by atoms with van der Waals surface area (Å²) in [7, 11) is 4.68. The zero-order valence-electron chi connectivity index (χ0n) is 28.7. The van der Waals surface area contributed by atoms with Crippen molar-refractivity contribution in [2.24, 2.45) is 5.92 Å². The van der Waals surface area contributed by atoms with Crippen LogP contribution in [0.2, 0.25) is 5.02 Å². The molecular weight excluding hydrogens is 644 g/mol. The molecule has 0 radical (unpaired) electrons. The Morgan fingerprint density at radius 2 is 1.69 bits per heavy atom. The molecule has 1 unspecified atom stereocenters. The maximum absolute atomic E-state index is 14.0. The lowest BCUT2D eigenvalue weighted by Gasteiger charge is -2.28. The van der Waals surface area contributed by atoms with Crippen LogP contribution in [-0.2, 0) is 22.4 Å². The Morgan fingerprint density at radius 3 is 2.39 bits per heavy atom. The second-order valence-electron chi connectivity index (χ2n) is 13.1. The first-order chi connectivity index (χ1) is 23.5. The summed E-state index contributed by atoms with van der Waals surface area (Å²) in [6, 6.07) is 11.5. The molecule has 11 heteroatoms. The summed E-state index contributed by atoms with van der Waals surface area (Å²) in [6.45, 7) is 5.36. The van der Waals surface area contributed by atoms with E-state index < -0.39 is 12.1 Å². The maximum atomic E-state index is 14.0. The number of halogens is 1. The summed E-state index contributed by atoms with van der Waals surface area (Å²) in [5.74, 6) is 0.883. The number of anilines is 1. The van der Waals surface area contributed by atoms with Gasteiger partial charge >= 0.3 is 0 Å². The summed E-state index contributed by atoms with van der Waals surface area (Å²) in [4.78, 5) is 43.8. The van der Waals surface area contributed by atoms with Crippen LogP contribution < -0.4 is 35.6 Å². The predicted molar refractivity (Wildman–Crippen MR) is 192 cm³/mol. The summed E-state index contributed by atoms with van der Waals surface area (Å²) in [5, 5.41) is 11.3. The van der Waals surface area contributed by atoms with Gasteiger partial charge in [0, 0.05) is 34.1 Å². The average Bonchev–Trinajstić information content (AvgIpc) is 3.28. The van der Waals surface area contributed by atoms with E-state index in [1.807, 2.05) is 44.2 Å². The van der Waals surface area contributed by atoms with E-state index in [0.29, 0.717) is 46.2 Å². The summed E-state index contributed by atoms with van der Waals surface area (Å²) < 4.78 is 17.2. The lowest BCUT2D eigenvalue weighted by Crippen LogP contribution is -2.45. The van der Waals surface area contributed by atoms with Gasteiger partial charge < -0.3 is 35.1 Å². The Morgan fingerprint density at radius 1 is 0.918 bits per heavy atom. The third-order valence-corrected chi connectivity index (χ3v) is 9.90. The van der Waals surface area contributed by atoms with Crippen molar-refractivity contribution in [3.63, 3.8) is 0 Å².